The first-order chi connectivity index (χ1) is 10.7. The molecular weight excluding hydrogens is 278 g/mol. The number of carbonyl (C=O) groups is 1. The molecule has 1 N–H and O–H groups in total. The Hall–Kier alpha value is -0.650. The van der Waals surface area contributed by atoms with Crippen molar-refractivity contribution in [3.05, 3.63) is 0 Å². The predicted molar refractivity (Wildman–Crippen MR) is 89.0 cm³/mol. The Balaban J connectivity index is 1.61. The molecule has 1 heterocycles. The summed E-state index contributed by atoms with van der Waals surface area (Å²) in [6.45, 7) is 8.16. The largest absolute Gasteiger partial charge is 0.383 e. The van der Waals surface area contributed by atoms with Crippen LogP contribution in [0.5, 0.6) is 0 Å². The van der Waals surface area contributed by atoms with Gasteiger partial charge in [0.1, 0.15) is 0 Å². The maximum atomic E-state index is 12.1. The quantitative estimate of drug-likeness (QED) is 0.773. The van der Waals surface area contributed by atoms with E-state index >= 15 is 0 Å². The molecule has 0 aromatic rings. The van der Waals surface area contributed by atoms with Crippen LogP contribution >= 0.6 is 0 Å². The summed E-state index contributed by atoms with van der Waals surface area (Å²) in [5.41, 5.74) is 0. The average molecular weight is 311 g/mol. The van der Waals surface area contributed by atoms with Crippen molar-refractivity contribution in [2.75, 3.05) is 46.4 Å². The van der Waals surface area contributed by atoms with Crippen molar-refractivity contribution in [1.82, 2.24) is 15.1 Å². The molecular formula is C17H33N3O2. The van der Waals surface area contributed by atoms with Crippen LogP contribution in [0.4, 0.5) is 0 Å². The molecule has 0 aromatic carbocycles. The predicted octanol–water partition coefficient (Wildman–Crippen LogP) is 1.48. The number of ether oxygens (including phenoxy) is 1. The van der Waals surface area contributed by atoms with Crippen molar-refractivity contribution >= 4 is 5.91 Å². The van der Waals surface area contributed by atoms with Crippen LogP contribution in [0.15, 0.2) is 0 Å². The van der Waals surface area contributed by atoms with E-state index in [1.54, 1.807) is 7.11 Å². The Morgan fingerprint density at radius 1 is 1.18 bits per heavy atom. The molecule has 0 aromatic heterocycles. The summed E-state index contributed by atoms with van der Waals surface area (Å²) in [6, 6.07) is 0.983. The molecule has 0 radical (unpaired) electrons. The fourth-order valence-electron chi connectivity index (χ4n) is 3.62. The molecule has 1 atom stereocenters. The number of nitrogens with one attached hydrogen (secondary N) is 1. The highest BCUT2D eigenvalue weighted by Gasteiger charge is 2.23. The fraction of sp³-hybridized carbons (Fsp3) is 0.941. The molecule has 1 amide bonds. The van der Waals surface area contributed by atoms with Crippen LogP contribution in [0.2, 0.25) is 0 Å². The van der Waals surface area contributed by atoms with Gasteiger partial charge in [-0.15, -0.1) is 0 Å². The molecule has 2 aliphatic rings. The zero-order chi connectivity index (χ0) is 15.8. The lowest BCUT2D eigenvalue weighted by Gasteiger charge is -2.39. The smallest absolute Gasteiger partial charge is 0.221 e. The minimum atomic E-state index is 0.237. The highest BCUT2D eigenvalue weighted by Crippen LogP contribution is 2.17. The molecule has 5 nitrogen and oxygen atoms in total. The third-order valence-electron chi connectivity index (χ3n) is 5.06. The lowest BCUT2D eigenvalue weighted by Crippen LogP contribution is -2.53. The van der Waals surface area contributed by atoms with Gasteiger partial charge in [0.15, 0.2) is 0 Å². The Morgan fingerprint density at radius 3 is 2.64 bits per heavy atom. The van der Waals surface area contributed by atoms with Gasteiger partial charge in [-0.2, -0.15) is 0 Å². The topological polar surface area (TPSA) is 44.8 Å². The van der Waals surface area contributed by atoms with Crippen LogP contribution in [0.25, 0.3) is 0 Å². The molecule has 128 valence electrons. The van der Waals surface area contributed by atoms with E-state index in [4.69, 9.17) is 4.74 Å². The molecule has 1 unspecified atom stereocenters. The highest BCUT2D eigenvalue weighted by atomic mass is 16.5. The standard InChI is InChI=1S/C17H33N3O2/c1-15-14-19(10-11-20(15)12-13-22-2)9-8-17(21)18-16-6-4-3-5-7-16/h15-16H,3-14H2,1-2H3,(H,18,21). The number of piperazine rings is 1. The van der Waals surface area contributed by atoms with E-state index in [2.05, 4.69) is 22.0 Å². The van der Waals surface area contributed by atoms with Crippen molar-refractivity contribution in [2.24, 2.45) is 0 Å². The third-order valence-corrected chi connectivity index (χ3v) is 5.06. The summed E-state index contributed by atoms with van der Waals surface area (Å²) >= 11 is 0. The summed E-state index contributed by atoms with van der Waals surface area (Å²) in [4.78, 5) is 17.0. The number of carbonyl (C=O) groups excluding carboxylic acids is 1. The van der Waals surface area contributed by atoms with E-state index in [0.29, 0.717) is 18.5 Å². The molecule has 0 bridgehead atoms. The molecule has 1 aliphatic heterocycles. The van der Waals surface area contributed by atoms with Gasteiger partial charge in [0.2, 0.25) is 5.91 Å². The van der Waals surface area contributed by atoms with Crippen molar-refractivity contribution in [1.29, 1.82) is 0 Å². The van der Waals surface area contributed by atoms with Crippen LogP contribution in [-0.2, 0) is 9.53 Å². The number of rotatable bonds is 7. The van der Waals surface area contributed by atoms with Crippen LogP contribution in [0.3, 0.4) is 0 Å². The second-order valence-electron chi connectivity index (χ2n) is 6.83. The first-order valence-corrected chi connectivity index (χ1v) is 8.93. The van der Waals surface area contributed by atoms with Gasteiger partial charge >= 0.3 is 0 Å². The second-order valence-corrected chi connectivity index (χ2v) is 6.83. The number of amides is 1. The van der Waals surface area contributed by atoms with Crippen molar-refractivity contribution < 1.29 is 9.53 Å². The fourth-order valence-corrected chi connectivity index (χ4v) is 3.62. The summed E-state index contributed by atoms with van der Waals surface area (Å²) in [6.07, 6.45) is 6.85. The minimum Gasteiger partial charge on any atom is -0.383 e. The second kappa shape index (κ2) is 9.48. The molecule has 0 spiro atoms. The summed E-state index contributed by atoms with van der Waals surface area (Å²) in [5, 5.41) is 3.21. The van der Waals surface area contributed by atoms with Gasteiger partial charge in [0.05, 0.1) is 6.61 Å². The van der Waals surface area contributed by atoms with Gasteiger partial charge in [-0.1, -0.05) is 19.3 Å². The average Bonchev–Trinajstić information content (AvgIpc) is 2.53. The molecule has 22 heavy (non-hydrogen) atoms. The van der Waals surface area contributed by atoms with E-state index in [1.807, 2.05) is 0 Å². The van der Waals surface area contributed by atoms with Crippen LogP contribution < -0.4 is 5.32 Å². The first-order valence-electron chi connectivity index (χ1n) is 8.93. The van der Waals surface area contributed by atoms with E-state index in [1.165, 1.54) is 32.1 Å². The van der Waals surface area contributed by atoms with Crippen molar-refractivity contribution in [3.8, 4) is 0 Å². The molecule has 1 saturated carbocycles. The first kappa shape index (κ1) is 17.7. The Labute approximate surface area is 135 Å². The zero-order valence-corrected chi connectivity index (χ0v) is 14.4. The molecule has 5 heteroatoms. The maximum Gasteiger partial charge on any atom is 0.221 e. The minimum absolute atomic E-state index is 0.237. The Kier molecular flexibility index (Phi) is 7.63. The highest BCUT2D eigenvalue weighted by molar-refractivity contribution is 5.76. The molecule has 2 rings (SSSR count). The van der Waals surface area contributed by atoms with Gasteiger partial charge in [0, 0.05) is 58.3 Å². The number of nitrogens with zero attached hydrogens (tertiary/aromatic N) is 2. The van der Waals surface area contributed by atoms with Crippen molar-refractivity contribution in [2.45, 2.75) is 57.5 Å². The van der Waals surface area contributed by atoms with E-state index in [0.717, 1.165) is 39.3 Å². The number of hydrogen-bond donors (Lipinski definition) is 1. The van der Waals surface area contributed by atoms with E-state index in [9.17, 15) is 4.79 Å². The van der Waals surface area contributed by atoms with Crippen molar-refractivity contribution in [3.63, 3.8) is 0 Å². The molecule has 1 aliphatic carbocycles. The van der Waals surface area contributed by atoms with Gasteiger partial charge in [0.25, 0.3) is 0 Å². The number of hydrogen-bond acceptors (Lipinski definition) is 4. The summed E-state index contributed by atoms with van der Waals surface area (Å²) in [5.74, 6) is 0.237. The summed E-state index contributed by atoms with van der Waals surface area (Å²) in [7, 11) is 1.76. The lowest BCUT2D eigenvalue weighted by atomic mass is 9.95. The zero-order valence-electron chi connectivity index (χ0n) is 14.4. The SMILES string of the molecule is COCCN1CCN(CCC(=O)NC2CCCCC2)CC1C. The van der Waals surface area contributed by atoms with E-state index in [-0.39, 0.29) is 5.91 Å². The van der Waals surface area contributed by atoms with Gasteiger partial charge in [-0.3, -0.25) is 9.69 Å². The Bertz CT molecular complexity index is 332. The summed E-state index contributed by atoms with van der Waals surface area (Å²) < 4.78 is 5.16. The normalized spacial score (nSPS) is 25.3. The Morgan fingerprint density at radius 2 is 1.95 bits per heavy atom. The maximum absolute atomic E-state index is 12.1. The number of methoxy groups -OCH3 is 1. The van der Waals surface area contributed by atoms with Crippen LogP contribution in [0, 0.1) is 0 Å². The molecule has 1 saturated heterocycles. The van der Waals surface area contributed by atoms with E-state index < -0.39 is 0 Å². The molecule has 2 fully saturated rings. The monoisotopic (exact) mass is 311 g/mol. The third kappa shape index (κ3) is 5.86. The van der Waals surface area contributed by atoms with Gasteiger partial charge in [-0.25, -0.2) is 0 Å². The van der Waals surface area contributed by atoms with Crippen LogP contribution in [0.1, 0.15) is 45.4 Å². The van der Waals surface area contributed by atoms with Crippen LogP contribution in [-0.4, -0.2) is 74.2 Å². The van der Waals surface area contributed by atoms with Gasteiger partial charge < -0.3 is 15.0 Å². The lowest BCUT2D eigenvalue weighted by molar-refractivity contribution is -0.122. The van der Waals surface area contributed by atoms with Gasteiger partial charge in [-0.05, 0) is 19.8 Å².